The summed E-state index contributed by atoms with van der Waals surface area (Å²) in [5, 5.41) is 12.9. The molecule has 0 bridgehead atoms. The van der Waals surface area contributed by atoms with Crippen LogP contribution in [0.25, 0.3) is 0 Å². The molecule has 1 heterocycles. The van der Waals surface area contributed by atoms with Crippen molar-refractivity contribution < 1.29 is 9.94 Å². The number of nitrogens with zero attached hydrogens (tertiary/aromatic N) is 1. The van der Waals surface area contributed by atoms with Gasteiger partial charge in [0.1, 0.15) is 0 Å². The molecule has 0 aromatic carbocycles. The number of hydroxylamine groups is 2. The van der Waals surface area contributed by atoms with Crippen LogP contribution in [0.1, 0.15) is 79.1 Å². The van der Waals surface area contributed by atoms with Gasteiger partial charge in [0, 0.05) is 23.0 Å². The van der Waals surface area contributed by atoms with Gasteiger partial charge in [0.05, 0.1) is 6.10 Å². The molecule has 1 N–H and O–H groups in total. The van der Waals surface area contributed by atoms with Gasteiger partial charge in [0.25, 0.3) is 0 Å². The number of halogens is 1. The first kappa shape index (κ1) is 19.4. The van der Waals surface area contributed by atoms with Crippen molar-refractivity contribution in [2.24, 2.45) is 0 Å². The maximum absolute atomic E-state index is 10.3. The summed E-state index contributed by atoms with van der Waals surface area (Å²) >= 11 is 3.47. The van der Waals surface area contributed by atoms with Crippen molar-refractivity contribution in [2.45, 2.75) is 96.2 Å². The Morgan fingerprint density at radius 1 is 0.952 bits per heavy atom. The van der Waals surface area contributed by atoms with Gasteiger partial charge in [-0.2, -0.15) is 5.06 Å². The van der Waals surface area contributed by atoms with Crippen LogP contribution in [0.15, 0.2) is 0 Å². The Morgan fingerprint density at radius 3 is 1.95 bits per heavy atom. The highest BCUT2D eigenvalue weighted by atomic mass is 79.9. The van der Waals surface area contributed by atoms with Gasteiger partial charge < -0.3 is 9.94 Å². The second-order valence-corrected chi connectivity index (χ2v) is 8.44. The molecule has 0 aromatic rings. The van der Waals surface area contributed by atoms with Crippen molar-refractivity contribution >= 4 is 15.9 Å². The predicted octanol–water partition coefficient (Wildman–Crippen LogP) is 5.15. The summed E-state index contributed by atoms with van der Waals surface area (Å²) in [6.07, 6.45) is 9.80. The van der Waals surface area contributed by atoms with E-state index in [0.29, 0.717) is 0 Å². The van der Waals surface area contributed by atoms with Crippen molar-refractivity contribution in [3.63, 3.8) is 0 Å². The molecule has 1 rings (SSSR count). The monoisotopic (exact) mass is 363 g/mol. The predicted molar refractivity (Wildman–Crippen MR) is 92.3 cm³/mol. The average molecular weight is 364 g/mol. The maximum atomic E-state index is 10.3. The molecule has 4 heteroatoms. The largest absolute Gasteiger partial charge is 0.378 e. The van der Waals surface area contributed by atoms with E-state index in [0.717, 1.165) is 31.2 Å². The van der Waals surface area contributed by atoms with Gasteiger partial charge in [0.2, 0.25) is 0 Å². The Balaban J connectivity index is 2.18. The van der Waals surface area contributed by atoms with Crippen molar-refractivity contribution in [3.8, 4) is 0 Å². The molecule has 0 saturated carbocycles. The Kier molecular flexibility index (Phi) is 8.18. The molecular formula is C17H34BrNO2. The third-order valence-electron chi connectivity index (χ3n) is 4.48. The van der Waals surface area contributed by atoms with E-state index in [4.69, 9.17) is 4.74 Å². The van der Waals surface area contributed by atoms with Crippen molar-refractivity contribution in [1.29, 1.82) is 0 Å². The van der Waals surface area contributed by atoms with Crippen LogP contribution in [-0.2, 0) is 4.74 Å². The zero-order valence-electron chi connectivity index (χ0n) is 14.3. The molecule has 0 amide bonds. The first-order valence-electron chi connectivity index (χ1n) is 8.46. The lowest BCUT2D eigenvalue weighted by Crippen LogP contribution is -2.60. The second-order valence-electron chi connectivity index (χ2n) is 7.65. The second kappa shape index (κ2) is 8.85. The summed E-state index contributed by atoms with van der Waals surface area (Å²) in [7, 11) is 0. The lowest BCUT2D eigenvalue weighted by molar-refractivity contribution is -0.261. The fraction of sp³-hybridized carbons (Fsp3) is 1.00. The van der Waals surface area contributed by atoms with Crippen molar-refractivity contribution in [1.82, 2.24) is 5.06 Å². The number of alkyl halides is 1. The van der Waals surface area contributed by atoms with Gasteiger partial charge in [-0.05, 0) is 53.4 Å². The zero-order chi connectivity index (χ0) is 15.9. The summed E-state index contributed by atoms with van der Waals surface area (Å²) in [5.41, 5.74) is -0.413. The van der Waals surface area contributed by atoms with Crippen molar-refractivity contribution in [2.75, 3.05) is 11.9 Å². The molecule has 0 aliphatic carbocycles. The van der Waals surface area contributed by atoms with Crippen LogP contribution >= 0.6 is 15.9 Å². The van der Waals surface area contributed by atoms with E-state index in [1.807, 2.05) is 0 Å². The van der Waals surface area contributed by atoms with Gasteiger partial charge >= 0.3 is 0 Å². The first-order chi connectivity index (χ1) is 9.79. The van der Waals surface area contributed by atoms with Crippen LogP contribution in [0.2, 0.25) is 0 Å². The van der Waals surface area contributed by atoms with E-state index >= 15 is 0 Å². The molecule has 0 unspecified atom stereocenters. The normalized spacial score (nSPS) is 22.6. The Labute approximate surface area is 139 Å². The highest BCUT2D eigenvalue weighted by Gasteiger charge is 2.45. The molecule has 1 aliphatic heterocycles. The van der Waals surface area contributed by atoms with Crippen LogP contribution in [0, 0.1) is 0 Å². The van der Waals surface area contributed by atoms with E-state index in [1.165, 1.54) is 37.2 Å². The Bertz CT molecular complexity index is 277. The molecule has 0 aromatic heterocycles. The van der Waals surface area contributed by atoms with E-state index in [-0.39, 0.29) is 17.2 Å². The highest BCUT2D eigenvalue weighted by molar-refractivity contribution is 9.09. The summed E-state index contributed by atoms with van der Waals surface area (Å²) < 4.78 is 6.08. The zero-order valence-corrected chi connectivity index (χ0v) is 15.9. The fourth-order valence-electron chi connectivity index (χ4n) is 3.45. The van der Waals surface area contributed by atoms with Crippen LogP contribution in [0.4, 0.5) is 0 Å². The topological polar surface area (TPSA) is 32.7 Å². The molecule has 126 valence electrons. The Morgan fingerprint density at radius 2 is 1.43 bits per heavy atom. The maximum Gasteiger partial charge on any atom is 0.0611 e. The van der Waals surface area contributed by atoms with Gasteiger partial charge in [0.15, 0.2) is 0 Å². The van der Waals surface area contributed by atoms with Crippen LogP contribution in [0.5, 0.6) is 0 Å². The minimum Gasteiger partial charge on any atom is -0.378 e. The lowest BCUT2D eigenvalue weighted by atomic mass is 9.80. The quantitative estimate of drug-likeness (QED) is 0.454. The third-order valence-corrected chi connectivity index (χ3v) is 5.04. The van der Waals surface area contributed by atoms with E-state index in [9.17, 15) is 5.21 Å². The number of piperidine rings is 1. The summed E-state index contributed by atoms with van der Waals surface area (Å²) in [4.78, 5) is 0. The van der Waals surface area contributed by atoms with Gasteiger partial charge in [-0.1, -0.05) is 41.6 Å². The minimum atomic E-state index is -0.206. The van der Waals surface area contributed by atoms with E-state index in [2.05, 4.69) is 43.6 Å². The molecule has 0 radical (unpaired) electrons. The van der Waals surface area contributed by atoms with Gasteiger partial charge in [-0.15, -0.1) is 0 Å². The lowest BCUT2D eigenvalue weighted by Gasteiger charge is -2.51. The standard InChI is InChI=1S/C17H34BrNO2/c1-16(2)13-15(14-17(3,4)19(16)20)21-12-10-8-6-5-7-9-11-18/h15,20H,5-14H2,1-4H3. The molecule has 0 atom stereocenters. The van der Waals surface area contributed by atoms with E-state index < -0.39 is 0 Å². The van der Waals surface area contributed by atoms with Gasteiger partial charge in [-0.25, -0.2) is 0 Å². The number of unbranched alkanes of at least 4 members (excludes halogenated alkanes) is 5. The molecule has 1 saturated heterocycles. The minimum absolute atomic E-state index is 0.206. The molecular weight excluding hydrogens is 330 g/mol. The molecule has 21 heavy (non-hydrogen) atoms. The molecule has 3 nitrogen and oxygen atoms in total. The van der Waals surface area contributed by atoms with Crippen LogP contribution in [-0.4, -0.2) is 39.4 Å². The SMILES string of the molecule is CC1(C)CC(OCCCCCCCCBr)CC(C)(C)N1O. The number of ether oxygens (including phenoxy) is 1. The molecule has 1 fully saturated rings. The van der Waals surface area contributed by atoms with E-state index in [1.54, 1.807) is 0 Å². The first-order valence-corrected chi connectivity index (χ1v) is 9.58. The van der Waals surface area contributed by atoms with Gasteiger partial charge in [-0.3, -0.25) is 0 Å². The average Bonchev–Trinajstić information content (AvgIpc) is 2.38. The number of hydrogen-bond acceptors (Lipinski definition) is 3. The number of rotatable bonds is 9. The summed E-state index contributed by atoms with van der Waals surface area (Å²) in [6.45, 7) is 9.23. The summed E-state index contributed by atoms with van der Waals surface area (Å²) in [6, 6.07) is 0. The Hall–Kier alpha value is 0.360. The smallest absolute Gasteiger partial charge is 0.0611 e. The highest BCUT2D eigenvalue weighted by Crippen LogP contribution is 2.37. The fourth-order valence-corrected chi connectivity index (χ4v) is 3.85. The third kappa shape index (κ3) is 6.55. The number of hydrogen-bond donors (Lipinski definition) is 1. The molecule has 0 spiro atoms. The molecule has 1 aliphatic rings. The van der Waals surface area contributed by atoms with Crippen LogP contribution in [0.3, 0.4) is 0 Å². The summed E-state index contributed by atoms with van der Waals surface area (Å²) in [5.74, 6) is 0. The van der Waals surface area contributed by atoms with Crippen molar-refractivity contribution in [3.05, 3.63) is 0 Å². The van der Waals surface area contributed by atoms with Crippen LogP contribution < -0.4 is 0 Å².